The van der Waals surface area contributed by atoms with E-state index in [-0.39, 0.29) is 36.2 Å². The van der Waals surface area contributed by atoms with Crippen molar-refractivity contribution in [2.75, 3.05) is 13.1 Å². The van der Waals surface area contributed by atoms with Gasteiger partial charge in [0.2, 0.25) is 0 Å². The normalized spacial score (nSPS) is 9.84. The van der Waals surface area contributed by atoms with E-state index in [2.05, 4.69) is 20.6 Å². The highest BCUT2D eigenvalue weighted by atomic mass is 35.5. The lowest BCUT2D eigenvalue weighted by Gasteiger charge is -2.09. The zero-order valence-electron chi connectivity index (χ0n) is 13.4. The molecule has 0 spiro atoms. The molecule has 7 nitrogen and oxygen atoms in total. The zero-order chi connectivity index (χ0) is 17.4. The van der Waals surface area contributed by atoms with Crippen molar-refractivity contribution < 1.29 is 14.0 Å². The summed E-state index contributed by atoms with van der Waals surface area (Å²) in [6, 6.07) is 5.74. The molecule has 1 aromatic carbocycles. The molecule has 2 rings (SSSR count). The Kier molecular flexibility index (Phi) is 8.45. The number of rotatable bonds is 7. The number of amides is 2. The minimum atomic E-state index is -0.531. The van der Waals surface area contributed by atoms with Crippen LogP contribution in [0.3, 0.4) is 0 Å². The maximum absolute atomic E-state index is 12.9. The molecule has 1 heterocycles. The molecular formula is C16H19ClFN5O2. The van der Waals surface area contributed by atoms with E-state index in [4.69, 9.17) is 5.73 Å². The Labute approximate surface area is 150 Å². The number of carbonyl (C=O) groups excluding carboxylic acids is 2. The number of halogens is 2. The first-order valence-electron chi connectivity index (χ1n) is 7.43. The Morgan fingerprint density at radius 1 is 1.00 bits per heavy atom. The van der Waals surface area contributed by atoms with E-state index < -0.39 is 11.8 Å². The maximum Gasteiger partial charge on any atom is 0.272 e. The lowest BCUT2D eigenvalue weighted by Crippen LogP contribution is -2.32. The van der Waals surface area contributed by atoms with E-state index in [1.165, 1.54) is 24.5 Å². The Balaban J connectivity index is 0.00000312. The minimum Gasteiger partial charge on any atom is -0.351 e. The fourth-order valence-electron chi connectivity index (χ4n) is 1.93. The first-order chi connectivity index (χ1) is 11.6. The quantitative estimate of drug-likeness (QED) is 0.633. The molecule has 9 heteroatoms. The third-order valence-electron chi connectivity index (χ3n) is 3.16. The van der Waals surface area contributed by atoms with Crippen molar-refractivity contribution in [3.05, 3.63) is 59.4 Å². The van der Waals surface area contributed by atoms with Gasteiger partial charge < -0.3 is 16.4 Å². The molecule has 0 unspecified atom stereocenters. The smallest absolute Gasteiger partial charge is 0.272 e. The molecular weight excluding hydrogens is 349 g/mol. The SMILES string of the molecule is Cl.NCCCNC(=O)c1nccnc1C(=O)NCc1ccc(F)cc1. The van der Waals surface area contributed by atoms with Gasteiger partial charge in [-0.3, -0.25) is 9.59 Å². The van der Waals surface area contributed by atoms with Crippen LogP contribution in [-0.4, -0.2) is 34.9 Å². The standard InChI is InChI=1S/C16H18FN5O2.ClH/c17-12-4-2-11(3-5-12)10-22-16(24)14-13(19-8-9-20-14)15(23)21-7-1-6-18;/h2-5,8-9H,1,6-7,10,18H2,(H,21,23)(H,22,24);1H. The summed E-state index contributed by atoms with van der Waals surface area (Å²) in [5.74, 6) is -1.37. The Hall–Kier alpha value is -2.58. The van der Waals surface area contributed by atoms with Gasteiger partial charge >= 0.3 is 0 Å². The van der Waals surface area contributed by atoms with Gasteiger partial charge in [0, 0.05) is 25.5 Å². The summed E-state index contributed by atoms with van der Waals surface area (Å²) < 4.78 is 12.9. The van der Waals surface area contributed by atoms with Crippen LogP contribution in [0.25, 0.3) is 0 Å². The number of nitrogens with zero attached hydrogens (tertiary/aromatic N) is 2. The first kappa shape index (κ1) is 20.5. The number of nitrogens with two attached hydrogens (primary N) is 1. The summed E-state index contributed by atoms with van der Waals surface area (Å²) in [5.41, 5.74) is 5.98. The second-order valence-corrected chi connectivity index (χ2v) is 4.96. The molecule has 0 saturated heterocycles. The molecule has 134 valence electrons. The van der Waals surface area contributed by atoms with Crippen molar-refractivity contribution in [3.63, 3.8) is 0 Å². The van der Waals surface area contributed by atoms with Crippen molar-refractivity contribution in [1.29, 1.82) is 0 Å². The van der Waals surface area contributed by atoms with Gasteiger partial charge in [0.1, 0.15) is 5.82 Å². The molecule has 0 fully saturated rings. The van der Waals surface area contributed by atoms with E-state index in [0.29, 0.717) is 19.5 Å². The van der Waals surface area contributed by atoms with Crippen LogP contribution in [0.5, 0.6) is 0 Å². The largest absolute Gasteiger partial charge is 0.351 e. The van der Waals surface area contributed by atoms with Crippen LogP contribution in [-0.2, 0) is 6.54 Å². The maximum atomic E-state index is 12.9. The molecule has 0 bridgehead atoms. The van der Waals surface area contributed by atoms with Gasteiger partial charge in [0.25, 0.3) is 11.8 Å². The van der Waals surface area contributed by atoms with Gasteiger partial charge in [0.05, 0.1) is 0 Å². The molecule has 0 aliphatic rings. The zero-order valence-corrected chi connectivity index (χ0v) is 14.2. The van der Waals surface area contributed by atoms with Gasteiger partial charge in [-0.25, -0.2) is 14.4 Å². The first-order valence-corrected chi connectivity index (χ1v) is 7.43. The van der Waals surface area contributed by atoms with Crippen LogP contribution in [0.4, 0.5) is 4.39 Å². The van der Waals surface area contributed by atoms with Crippen molar-refractivity contribution in [3.8, 4) is 0 Å². The molecule has 0 aliphatic carbocycles. The van der Waals surface area contributed by atoms with Crippen molar-refractivity contribution in [1.82, 2.24) is 20.6 Å². The number of benzene rings is 1. The van der Waals surface area contributed by atoms with Crippen LogP contribution in [0, 0.1) is 5.82 Å². The predicted molar refractivity (Wildman–Crippen MR) is 92.9 cm³/mol. The predicted octanol–water partition coefficient (Wildman–Crippen LogP) is 1.05. The molecule has 25 heavy (non-hydrogen) atoms. The minimum absolute atomic E-state index is 0. The summed E-state index contributed by atoms with van der Waals surface area (Å²) in [5, 5.41) is 5.27. The van der Waals surface area contributed by atoms with E-state index >= 15 is 0 Å². The van der Waals surface area contributed by atoms with Gasteiger partial charge in [-0.2, -0.15) is 0 Å². The van der Waals surface area contributed by atoms with Crippen LogP contribution < -0.4 is 16.4 Å². The fraction of sp³-hybridized carbons (Fsp3) is 0.250. The Morgan fingerprint density at radius 2 is 1.56 bits per heavy atom. The highest BCUT2D eigenvalue weighted by Crippen LogP contribution is 2.05. The summed E-state index contributed by atoms with van der Waals surface area (Å²) >= 11 is 0. The average Bonchev–Trinajstić information content (AvgIpc) is 2.61. The van der Waals surface area contributed by atoms with E-state index in [1.54, 1.807) is 12.1 Å². The van der Waals surface area contributed by atoms with Crippen molar-refractivity contribution in [2.24, 2.45) is 5.73 Å². The molecule has 0 atom stereocenters. The summed E-state index contributed by atoms with van der Waals surface area (Å²) in [6.07, 6.45) is 3.30. The highest BCUT2D eigenvalue weighted by Gasteiger charge is 2.19. The van der Waals surface area contributed by atoms with Crippen LogP contribution in [0.15, 0.2) is 36.7 Å². The van der Waals surface area contributed by atoms with Crippen molar-refractivity contribution in [2.45, 2.75) is 13.0 Å². The Bertz CT molecular complexity index is 712. The number of nitrogens with one attached hydrogen (secondary N) is 2. The molecule has 2 amide bonds. The lowest BCUT2D eigenvalue weighted by atomic mass is 10.2. The third-order valence-corrected chi connectivity index (χ3v) is 3.16. The number of hydrogen-bond acceptors (Lipinski definition) is 5. The molecule has 1 aromatic heterocycles. The lowest BCUT2D eigenvalue weighted by molar-refractivity contribution is 0.0909. The Morgan fingerprint density at radius 3 is 2.12 bits per heavy atom. The number of aromatic nitrogens is 2. The molecule has 4 N–H and O–H groups in total. The third kappa shape index (κ3) is 6.09. The summed E-state index contributed by atoms with van der Waals surface area (Å²) in [6.45, 7) is 1.03. The molecule has 0 saturated carbocycles. The van der Waals surface area contributed by atoms with Crippen LogP contribution >= 0.6 is 12.4 Å². The second-order valence-electron chi connectivity index (χ2n) is 4.96. The molecule has 0 aliphatic heterocycles. The molecule has 0 radical (unpaired) electrons. The highest BCUT2D eigenvalue weighted by molar-refractivity contribution is 6.04. The fourth-order valence-corrected chi connectivity index (χ4v) is 1.93. The van der Waals surface area contributed by atoms with Crippen molar-refractivity contribution >= 4 is 24.2 Å². The topological polar surface area (TPSA) is 110 Å². The van der Waals surface area contributed by atoms with Gasteiger partial charge in [-0.1, -0.05) is 12.1 Å². The number of carbonyl (C=O) groups is 2. The van der Waals surface area contributed by atoms with Gasteiger partial charge in [0.15, 0.2) is 11.4 Å². The summed E-state index contributed by atoms with van der Waals surface area (Å²) in [7, 11) is 0. The second kappa shape index (κ2) is 10.3. The molecule has 2 aromatic rings. The van der Waals surface area contributed by atoms with Crippen LogP contribution in [0.1, 0.15) is 33.0 Å². The van der Waals surface area contributed by atoms with E-state index in [0.717, 1.165) is 5.56 Å². The number of hydrogen-bond donors (Lipinski definition) is 3. The van der Waals surface area contributed by atoms with Gasteiger partial charge in [-0.05, 0) is 30.7 Å². The van der Waals surface area contributed by atoms with Crippen LogP contribution in [0.2, 0.25) is 0 Å². The summed E-state index contributed by atoms with van der Waals surface area (Å²) in [4.78, 5) is 32.2. The van der Waals surface area contributed by atoms with E-state index in [9.17, 15) is 14.0 Å². The van der Waals surface area contributed by atoms with E-state index in [1.807, 2.05) is 0 Å². The van der Waals surface area contributed by atoms with Gasteiger partial charge in [-0.15, -0.1) is 12.4 Å². The average molecular weight is 368 g/mol. The monoisotopic (exact) mass is 367 g/mol.